The van der Waals surface area contributed by atoms with Gasteiger partial charge in [0.25, 0.3) is 5.91 Å². The Morgan fingerprint density at radius 2 is 1.94 bits per heavy atom. The highest BCUT2D eigenvalue weighted by molar-refractivity contribution is 6.05. The van der Waals surface area contributed by atoms with Crippen molar-refractivity contribution in [2.45, 2.75) is 0 Å². The van der Waals surface area contributed by atoms with E-state index in [1.165, 1.54) is 0 Å². The molecule has 1 rings (SSSR count). The van der Waals surface area contributed by atoms with Crippen molar-refractivity contribution >= 4 is 17.3 Å². The molecule has 1 aromatic rings. The van der Waals surface area contributed by atoms with E-state index in [2.05, 4.69) is 18.5 Å². The van der Waals surface area contributed by atoms with Crippen molar-refractivity contribution in [1.82, 2.24) is 0 Å². The van der Waals surface area contributed by atoms with E-state index in [9.17, 15) is 4.79 Å². The summed E-state index contributed by atoms with van der Waals surface area (Å²) in [5.41, 5.74) is 7.25. The molecule has 0 atom stereocenters. The smallest absolute Gasteiger partial charge is 0.255 e. The fourth-order valence-electron chi connectivity index (χ4n) is 1.04. The van der Waals surface area contributed by atoms with Gasteiger partial charge in [-0.1, -0.05) is 31.4 Å². The summed E-state index contributed by atoms with van der Waals surface area (Å²) in [6.45, 7) is 7.15. The zero-order valence-corrected chi connectivity index (χ0v) is 8.94. The predicted molar refractivity (Wildman–Crippen MR) is 68.0 cm³/mol. The summed E-state index contributed by atoms with van der Waals surface area (Å²) >= 11 is 0. The molecule has 0 fully saturated rings. The van der Waals surface area contributed by atoms with Crippen LogP contribution in [0.4, 0.5) is 11.4 Å². The molecule has 0 saturated heterocycles. The number of anilines is 2. The molecule has 3 nitrogen and oxygen atoms in total. The third-order valence-electron chi connectivity index (χ3n) is 1.89. The van der Waals surface area contributed by atoms with Gasteiger partial charge in [0, 0.05) is 16.9 Å². The van der Waals surface area contributed by atoms with Gasteiger partial charge in [0.05, 0.1) is 0 Å². The van der Waals surface area contributed by atoms with Crippen LogP contribution in [0, 0.1) is 0 Å². The van der Waals surface area contributed by atoms with Gasteiger partial charge in [-0.25, -0.2) is 0 Å². The first-order chi connectivity index (χ1) is 7.63. The summed E-state index contributed by atoms with van der Waals surface area (Å²) in [5, 5.41) is 2.70. The van der Waals surface area contributed by atoms with Gasteiger partial charge in [0.15, 0.2) is 0 Å². The van der Waals surface area contributed by atoms with Crippen LogP contribution >= 0.6 is 0 Å². The Balaban J connectivity index is 2.64. The number of nitrogen functional groups attached to an aromatic ring is 1. The van der Waals surface area contributed by atoms with Crippen molar-refractivity contribution in [3.05, 3.63) is 61.2 Å². The van der Waals surface area contributed by atoms with E-state index < -0.39 is 0 Å². The average molecular weight is 214 g/mol. The highest BCUT2D eigenvalue weighted by Gasteiger charge is 2.03. The third-order valence-corrected chi connectivity index (χ3v) is 1.89. The Kier molecular flexibility index (Phi) is 4.09. The Morgan fingerprint density at radius 1 is 1.31 bits per heavy atom. The lowest BCUT2D eigenvalue weighted by Crippen LogP contribution is -2.12. The minimum atomic E-state index is -0.247. The lowest BCUT2D eigenvalue weighted by molar-refractivity contribution is -0.112. The van der Waals surface area contributed by atoms with Crippen LogP contribution in [0.3, 0.4) is 0 Å². The summed E-state index contributed by atoms with van der Waals surface area (Å²) in [6.07, 6.45) is 4.84. The fourth-order valence-corrected chi connectivity index (χ4v) is 1.04. The summed E-state index contributed by atoms with van der Waals surface area (Å²) in [7, 11) is 0. The maximum absolute atomic E-state index is 11.6. The molecule has 0 saturated carbocycles. The molecular weight excluding hydrogens is 200 g/mol. The van der Waals surface area contributed by atoms with E-state index in [1.807, 2.05) is 0 Å². The summed E-state index contributed by atoms with van der Waals surface area (Å²) in [6, 6.07) is 6.91. The molecule has 0 aliphatic carbocycles. The second-order valence-electron chi connectivity index (χ2n) is 3.20. The summed E-state index contributed by atoms with van der Waals surface area (Å²) in [4.78, 5) is 11.6. The average Bonchev–Trinajstić information content (AvgIpc) is 2.29. The van der Waals surface area contributed by atoms with Crippen molar-refractivity contribution in [2.75, 3.05) is 11.1 Å². The SMILES string of the molecule is C=C/C=C\C(=C)C(=O)Nc1ccc(N)cc1. The Bertz CT molecular complexity index is 430. The molecule has 1 amide bonds. The Morgan fingerprint density at radius 3 is 2.50 bits per heavy atom. The molecule has 0 aliphatic heterocycles. The van der Waals surface area contributed by atoms with Crippen LogP contribution < -0.4 is 11.1 Å². The van der Waals surface area contributed by atoms with Crippen LogP contribution in [0.25, 0.3) is 0 Å². The van der Waals surface area contributed by atoms with E-state index >= 15 is 0 Å². The second-order valence-corrected chi connectivity index (χ2v) is 3.20. The number of nitrogens with one attached hydrogen (secondary N) is 1. The minimum absolute atomic E-state index is 0.247. The second kappa shape index (κ2) is 5.56. The van der Waals surface area contributed by atoms with E-state index in [1.54, 1.807) is 42.5 Å². The lowest BCUT2D eigenvalue weighted by Gasteiger charge is -2.04. The standard InChI is InChI=1S/C13H14N2O/c1-3-4-5-10(2)13(16)15-12-8-6-11(14)7-9-12/h3-9H,1-2,14H2,(H,15,16)/b5-4-. The molecule has 0 aliphatic rings. The number of amides is 1. The van der Waals surface area contributed by atoms with Gasteiger partial charge in [-0.2, -0.15) is 0 Å². The van der Waals surface area contributed by atoms with Crippen molar-refractivity contribution in [3.8, 4) is 0 Å². The highest BCUT2D eigenvalue weighted by Crippen LogP contribution is 2.11. The molecule has 3 heteroatoms. The summed E-state index contributed by atoms with van der Waals surface area (Å²) in [5.74, 6) is -0.247. The van der Waals surface area contributed by atoms with E-state index in [0.717, 1.165) is 0 Å². The number of benzene rings is 1. The molecule has 0 spiro atoms. The molecular formula is C13H14N2O. The Hall–Kier alpha value is -2.29. The van der Waals surface area contributed by atoms with Gasteiger partial charge in [-0.15, -0.1) is 0 Å². The van der Waals surface area contributed by atoms with E-state index in [-0.39, 0.29) is 5.91 Å². The molecule has 1 aromatic carbocycles. The number of nitrogens with two attached hydrogens (primary N) is 1. The number of hydrogen-bond acceptors (Lipinski definition) is 2. The first-order valence-corrected chi connectivity index (χ1v) is 4.78. The van der Waals surface area contributed by atoms with Crippen molar-refractivity contribution in [1.29, 1.82) is 0 Å². The van der Waals surface area contributed by atoms with Crippen LogP contribution in [0.15, 0.2) is 61.2 Å². The molecule has 0 unspecified atom stereocenters. The molecule has 82 valence electrons. The van der Waals surface area contributed by atoms with Crippen LogP contribution in [0.2, 0.25) is 0 Å². The molecule has 3 N–H and O–H groups in total. The van der Waals surface area contributed by atoms with Gasteiger partial charge < -0.3 is 11.1 Å². The van der Waals surface area contributed by atoms with E-state index in [0.29, 0.717) is 16.9 Å². The number of rotatable bonds is 4. The fraction of sp³-hybridized carbons (Fsp3) is 0. The quantitative estimate of drug-likeness (QED) is 0.459. The first kappa shape index (κ1) is 11.8. The molecule has 0 heterocycles. The third kappa shape index (κ3) is 3.46. The van der Waals surface area contributed by atoms with Crippen LogP contribution in [-0.2, 0) is 4.79 Å². The summed E-state index contributed by atoms with van der Waals surface area (Å²) < 4.78 is 0. The molecule has 0 radical (unpaired) electrons. The number of allylic oxidation sites excluding steroid dienone is 2. The van der Waals surface area contributed by atoms with Crippen molar-refractivity contribution in [2.24, 2.45) is 0 Å². The lowest BCUT2D eigenvalue weighted by atomic mass is 10.2. The van der Waals surface area contributed by atoms with Gasteiger partial charge in [-0.05, 0) is 24.3 Å². The maximum atomic E-state index is 11.6. The topological polar surface area (TPSA) is 55.1 Å². The van der Waals surface area contributed by atoms with Gasteiger partial charge in [0.1, 0.15) is 0 Å². The molecule has 0 aromatic heterocycles. The van der Waals surface area contributed by atoms with E-state index in [4.69, 9.17) is 5.73 Å². The van der Waals surface area contributed by atoms with Gasteiger partial charge >= 0.3 is 0 Å². The normalized spacial score (nSPS) is 10.0. The largest absolute Gasteiger partial charge is 0.399 e. The minimum Gasteiger partial charge on any atom is -0.399 e. The monoisotopic (exact) mass is 214 g/mol. The van der Waals surface area contributed by atoms with Gasteiger partial charge in [-0.3, -0.25) is 4.79 Å². The van der Waals surface area contributed by atoms with Crippen LogP contribution in [0.5, 0.6) is 0 Å². The highest BCUT2D eigenvalue weighted by atomic mass is 16.1. The van der Waals surface area contributed by atoms with Gasteiger partial charge in [0.2, 0.25) is 0 Å². The number of carbonyl (C=O) groups is 1. The first-order valence-electron chi connectivity index (χ1n) is 4.78. The van der Waals surface area contributed by atoms with Crippen LogP contribution in [0.1, 0.15) is 0 Å². The number of carbonyl (C=O) groups excluding carboxylic acids is 1. The zero-order valence-electron chi connectivity index (χ0n) is 8.94. The molecule has 16 heavy (non-hydrogen) atoms. The number of hydrogen-bond donors (Lipinski definition) is 2. The maximum Gasteiger partial charge on any atom is 0.255 e. The van der Waals surface area contributed by atoms with Crippen LogP contribution in [-0.4, -0.2) is 5.91 Å². The van der Waals surface area contributed by atoms with Crippen molar-refractivity contribution < 1.29 is 4.79 Å². The molecule has 0 bridgehead atoms. The predicted octanol–water partition coefficient (Wildman–Crippen LogP) is 2.51. The van der Waals surface area contributed by atoms with Crippen molar-refractivity contribution in [3.63, 3.8) is 0 Å². The zero-order chi connectivity index (χ0) is 12.0. The Labute approximate surface area is 95.0 Å².